The molecule has 0 radical (unpaired) electrons. The van der Waals surface area contributed by atoms with Crippen molar-refractivity contribution >= 4 is 10.0 Å². The second-order valence-corrected chi connectivity index (χ2v) is 7.52. The largest absolute Gasteiger partial charge is 0.349 e. The van der Waals surface area contributed by atoms with Gasteiger partial charge in [0.2, 0.25) is 10.0 Å². The summed E-state index contributed by atoms with van der Waals surface area (Å²) in [6.07, 6.45) is 2.77. The van der Waals surface area contributed by atoms with Gasteiger partial charge in [-0.3, -0.25) is 0 Å². The zero-order valence-electron chi connectivity index (χ0n) is 13.1. The predicted octanol–water partition coefficient (Wildman–Crippen LogP) is 0.457. The lowest BCUT2D eigenvalue weighted by Crippen LogP contribution is -2.30. The average molecular weight is 314 g/mol. The molecule has 2 heterocycles. The fraction of sp³-hybridized carbons (Fsp3) is 0.714. The van der Waals surface area contributed by atoms with Gasteiger partial charge in [-0.05, 0) is 46.0 Å². The molecule has 1 unspecified atom stereocenters. The van der Waals surface area contributed by atoms with Crippen LogP contribution in [-0.2, 0) is 23.1 Å². The van der Waals surface area contributed by atoms with E-state index in [1.54, 1.807) is 12.3 Å². The standard InChI is InChI=1S/C14H26N4O2S/c1-4-18-11-14(7-13(18)9-15-2)21(19,20)16-8-12-5-6-17(3)10-12/h7,11-12,15-16H,4-6,8-10H2,1-3H3. The first kappa shape index (κ1) is 16.5. The molecule has 0 saturated carbocycles. The number of nitrogens with zero attached hydrogens (tertiary/aromatic N) is 2. The fourth-order valence-electron chi connectivity index (χ4n) is 2.80. The summed E-state index contributed by atoms with van der Waals surface area (Å²) in [5.41, 5.74) is 0.987. The molecular formula is C14H26N4O2S. The van der Waals surface area contributed by atoms with E-state index in [9.17, 15) is 8.42 Å². The highest BCUT2D eigenvalue weighted by atomic mass is 32.2. The van der Waals surface area contributed by atoms with Crippen molar-refractivity contribution in [1.82, 2.24) is 19.5 Å². The van der Waals surface area contributed by atoms with Crippen molar-refractivity contribution in [1.29, 1.82) is 0 Å². The van der Waals surface area contributed by atoms with Crippen LogP contribution >= 0.6 is 0 Å². The maximum Gasteiger partial charge on any atom is 0.242 e. The molecule has 1 aromatic heterocycles. The summed E-state index contributed by atoms with van der Waals surface area (Å²) in [5, 5.41) is 3.06. The monoisotopic (exact) mass is 314 g/mol. The zero-order chi connectivity index (χ0) is 15.5. The first-order valence-corrected chi connectivity index (χ1v) is 8.96. The fourth-order valence-corrected chi connectivity index (χ4v) is 3.98. The molecule has 1 aliphatic rings. The minimum Gasteiger partial charge on any atom is -0.349 e. The number of aromatic nitrogens is 1. The molecule has 2 rings (SSSR count). The summed E-state index contributed by atoms with van der Waals surface area (Å²) in [6.45, 7) is 5.97. The Balaban J connectivity index is 2.04. The summed E-state index contributed by atoms with van der Waals surface area (Å²) in [6, 6.07) is 1.75. The van der Waals surface area contributed by atoms with Crippen LogP contribution in [-0.4, -0.2) is 51.6 Å². The Morgan fingerprint density at radius 3 is 2.76 bits per heavy atom. The van der Waals surface area contributed by atoms with Gasteiger partial charge in [0, 0.05) is 38.1 Å². The summed E-state index contributed by atoms with van der Waals surface area (Å²) < 4.78 is 29.5. The first-order valence-electron chi connectivity index (χ1n) is 7.48. The molecule has 0 aromatic carbocycles. The van der Waals surface area contributed by atoms with Crippen LogP contribution in [0.15, 0.2) is 17.2 Å². The van der Waals surface area contributed by atoms with Crippen molar-refractivity contribution < 1.29 is 8.42 Å². The van der Waals surface area contributed by atoms with Gasteiger partial charge < -0.3 is 14.8 Å². The van der Waals surface area contributed by atoms with E-state index in [0.29, 0.717) is 23.9 Å². The maximum atomic E-state index is 12.4. The van der Waals surface area contributed by atoms with Gasteiger partial charge in [-0.2, -0.15) is 0 Å². The minimum absolute atomic E-state index is 0.362. The highest BCUT2D eigenvalue weighted by Gasteiger charge is 2.23. The molecule has 0 aliphatic carbocycles. The molecule has 1 atom stereocenters. The molecule has 21 heavy (non-hydrogen) atoms. The number of likely N-dealkylation sites (tertiary alicyclic amines) is 1. The van der Waals surface area contributed by atoms with E-state index < -0.39 is 10.0 Å². The van der Waals surface area contributed by atoms with Crippen LogP contribution in [0.1, 0.15) is 19.0 Å². The Labute approximate surface area is 127 Å². The molecule has 6 nitrogen and oxygen atoms in total. The smallest absolute Gasteiger partial charge is 0.242 e. The zero-order valence-corrected chi connectivity index (χ0v) is 13.9. The van der Waals surface area contributed by atoms with Gasteiger partial charge in [0.15, 0.2) is 0 Å². The van der Waals surface area contributed by atoms with Crippen LogP contribution in [0.25, 0.3) is 0 Å². The second kappa shape index (κ2) is 6.91. The molecule has 120 valence electrons. The number of hydrogen-bond donors (Lipinski definition) is 2. The van der Waals surface area contributed by atoms with E-state index in [0.717, 1.165) is 31.7 Å². The van der Waals surface area contributed by atoms with Crippen molar-refractivity contribution in [2.24, 2.45) is 5.92 Å². The van der Waals surface area contributed by atoms with E-state index in [1.807, 2.05) is 18.5 Å². The highest BCUT2D eigenvalue weighted by molar-refractivity contribution is 7.89. The Morgan fingerprint density at radius 2 is 2.19 bits per heavy atom. The van der Waals surface area contributed by atoms with Gasteiger partial charge in [0.1, 0.15) is 0 Å². The van der Waals surface area contributed by atoms with Gasteiger partial charge in [-0.15, -0.1) is 0 Å². The topological polar surface area (TPSA) is 66.4 Å². The van der Waals surface area contributed by atoms with Crippen molar-refractivity contribution in [2.45, 2.75) is 31.3 Å². The highest BCUT2D eigenvalue weighted by Crippen LogP contribution is 2.17. The SMILES string of the molecule is CCn1cc(S(=O)(=O)NCC2CCN(C)C2)cc1CNC. The van der Waals surface area contributed by atoms with Gasteiger partial charge >= 0.3 is 0 Å². The van der Waals surface area contributed by atoms with Crippen LogP contribution in [0, 0.1) is 5.92 Å². The van der Waals surface area contributed by atoms with Crippen LogP contribution in [0.2, 0.25) is 0 Å². The Bertz CT molecular complexity index is 568. The number of sulfonamides is 1. The number of hydrogen-bond acceptors (Lipinski definition) is 4. The van der Waals surface area contributed by atoms with Crippen molar-refractivity contribution in [3.63, 3.8) is 0 Å². The maximum absolute atomic E-state index is 12.4. The number of nitrogens with one attached hydrogen (secondary N) is 2. The molecule has 1 saturated heterocycles. The summed E-state index contributed by atoms with van der Waals surface area (Å²) >= 11 is 0. The summed E-state index contributed by atoms with van der Waals surface area (Å²) in [4.78, 5) is 2.60. The molecule has 0 spiro atoms. The van der Waals surface area contributed by atoms with E-state index in [-0.39, 0.29) is 0 Å². The van der Waals surface area contributed by atoms with Crippen LogP contribution < -0.4 is 10.0 Å². The van der Waals surface area contributed by atoms with Crippen LogP contribution in [0.3, 0.4) is 0 Å². The molecule has 1 aromatic rings. The van der Waals surface area contributed by atoms with Crippen molar-refractivity contribution in [3.05, 3.63) is 18.0 Å². The molecule has 0 bridgehead atoms. The first-order chi connectivity index (χ1) is 9.96. The van der Waals surface area contributed by atoms with Gasteiger partial charge in [-0.25, -0.2) is 13.1 Å². The van der Waals surface area contributed by atoms with Crippen molar-refractivity contribution in [2.75, 3.05) is 33.7 Å². The lowest BCUT2D eigenvalue weighted by molar-refractivity contribution is 0.394. The molecule has 1 aliphatic heterocycles. The minimum atomic E-state index is -3.41. The Morgan fingerprint density at radius 1 is 1.43 bits per heavy atom. The van der Waals surface area contributed by atoms with Crippen LogP contribution in [0.4, 0.5) is 0 Å². The normalized spacial score (nSPS) is 20.2. The van der Waals surface area contributed by atoms with E-state index in [1.165, 1.54) is 0 Å². The summed E-state index contributed by atoms with van der Waals surface area (Å²) in [5.74, 6) is 0.412. The molecular weight excluding hydrogens is 288 g/mol. The third-order valence-corrected chi connectivity index (χ3v) is 5.41. The lowest BCUT2D eigenvalue weighted by Gasteiger charge is -2.11. The Hall–Kier alpha value is -0.890. The molecule has 0 amide bonds. The third kappa shape index (κ3) is 4.06. The van der Waals surface area contributed by atoms with Crippen molar-refractivity contribution in [3.8, 4) is 0 Å². The molecule has 2 N–H and O–H groups in total. The second-order valence-electron chi connectivity index (χ2n) is 5.75. The van der Waals surface area contributed by atoms with E-state index >= 15 is 0 Å². The van der Waals surface area contributed by atoms with Gasteiger partial charge in [0.05, 0.1) is 4.90 Å². The quantitative estimate of drug-likeness (QED) is 0.767. The van der Waals surface area contributed by atoms with E-state index in [2.05, 4.69) is 22.0 Å². The number of rotatable bonds is 7. The average Bonchev–Trinajstić information content (AvgIpc) is 3.04. The third-order valence-electron chi connectivity index (χ3n) is 4.02. The number of aryl methyl sites for hydroxylation is 1. The summed E-state index contributed by atoms with van der Waals surface area (Å²) in [7, 11) is 0.514. The van der Waals surface area contributed by atoms with Crippen LogP contribution in [0.5, 0.6) is 0 Å². The molecule has 1 fully saturated rings. The Kier molecular flexibility index (Phi) is 5.43. The molecule has 7 heteroatoms. The van der Waals surface area contributed by atoms with Gasteiger partial charge in [0.25, 0.3) is 0 Å². The van der Waals surface area contributed by atoms with E-state index in [4.69, 9.17) is 0 Å². The predicted molar refractivity (Wildman–Crippen MR) is 83.7 cm³/mol. The lowest BCUT2D eigenvalue weighted by atomic mass is 10.1. The van der Waals surface area contributed by atoms with Gasteiger partial charge in [-0.1, -0.05) is 0 Å².